The van der Waals surface area contributed by atoms with Gasteiger partial charge in [0.05, 0.1) is 0 Å². The van der Waals surface area contributed by atoms with Crippen molar-refractivity contribution in [3.63, 3.8) is 0 Å². The van der Waals surface area contributed by atoms with Gasteiger partial charge in [0.25, 0.3) is 0 Å². The predicted octanol–water partition coefficient (Wildman–Crippen LogP) is 1.77. The van der Waals surface area contributed by atoms with E-state index in [1.54, 1.807) is 0 Å². The van der Waals surface area contributed by atoms with E-state index in [1.807, 2.05) is 0 Å². The van der Waals surface area contributed by atoms with Gasteiger partial charge in [-0.1, -0.05) is 43.4 Å². The summed E-state index contributed by atoms with van der Waals surface area (Å²) in [5, 5.41) is 0.682. The van der Waals surface area contributed by atoms with Gasteiger partial charge >= 0.3 is 0 Å². The molecule has 0 aliphatic heterocycles. The van der Waals surface area contributed by atoms with E-state index < -0.39 is 0 Å². The first kappa shape index (κ1) is 7.95. The zero-order valence-electron chi connectivity index (χ0n) is 5.29. The van der Waals surface area contributed by atoms with Crippen LogP contribution in [0.3, 0.4) is 0 Å². The molecule has 0 spiro atoms. The Hall–Kier alpha value is 0.947. The quantitative estimate of drug-likeness (QED) is 0.364. The van der Waals surface area contributed by atoms with Gasteiger partial charge in [-0.05, 0) is 9.09 Å². The number of halogens is 1. The highest BCUT2D eigenvalue weighted by molar-refractivity contribution is 14.1. The molecule has 0 fully saturated rings. The molecule has 0 aromatic heterocycles. The Kier molecular flexibility index (Phi) is 3.48. The Bertz CT molecular complexity index is 46.5. The van der Waals surface area contributed by atoms with Gasteiger partial charge in [-0.3, -0.25) is 0 Å². The maximum Gasteiger partial charge on any atom is 0.0374 e. The normalized spacial score (nSPS) is 13.7. The van der Waals surface area contributed by atoms with Crippen molar-refractivity contribution in [1.82, 2.24) is 0 Å². The molecule has 0 aliphatic carbocycles. The first-order chi connectivity index (χ1) is 3.06. The molecular formula is C5H13ISi. The van der Waals surface area contributed by atoms with Crippen LogP contribution >= 0.6 is 22.6 Å². The summed E-state index contributed by atoms with van der Waals surface area (Å²) in [5.74, 6) is 0. The molecule has 0 N–H and O–H groups in total. The Labute approximate surface area is 62.0 Å². The van der Waals surface area contributed by atoms with Crippen molar-refractivity contribution in [2.45, 2.75) is 25.8 Å². The zero-order chi connectivity index (χ0) is 5.91. The minimum absolute atomic E-state index is 0.247. The number of hydrogen-bond donors (Lipinski definition) is 0. The molecule has 0 heterocycles. The van der Waals surface area contributed by atoms with Gasteiger partial charge in [0.2, 0.25) is 0 Å². The Balaban J connectivity index is 3.15. The highest BCUT2D eigenvalue weighted by Gasteiger charge is 2.07. The average molecular weight is 228 g/mol. The first-order valence-electron chi connectivity index (χ1n) is 2.62. The monoisotopic (exact) mass is 228 g/mol. The van der Waals surface area contributed by atoms with E-state index in [-0.39, 0.29) is 9.52 Å². The number of alkyl halides is 1. The van der Waals surface area contributed by atoms with Crippen LogP contribution in [-0.4, -0.2) is 13.6 Å². The second-order valence-corrected chi connectivity index (χ2v) is 9.24. The maximum absolute atomic E-state index is 2.47. The molecule has 0 atom stereocenters. The summed E-state index contributed by atoms with van der Waals surface area (Å²) in [4.78, 5) is 0. The van der Waals surface area contributed by atoms with Crippen LogP contribution in [0.4, 0.5) is 0 Å². The lowest BCUT2D eigenvalue weighted by Gasteiger charge is -2.13. The van der Waals surface area contributed by atoms with Crippen LogP contribution in [0, 0.1) is 0 Å². The Morgan fingerprint density at radius 1 is 1.43 bits per heavy atom. The number of rotatable bonds is 1. The van der Waals surface area contributed by atoms with Crippen molar-refractivity contribution < 1.29 is 0 Å². The van der Waals surface area contributed by atoms with E-state index in [0.29, 0.717) is 5.04 Å². The van der Waals surface area contributed by atoms with Gasteiger partial charge in [0.15, 0.2) is 0 Å². The van der Waals surface area contributed by atoms with Crippen molar-refractivity contribution in [3.8, 4) is 0 Å². The standard InChI is InChI=1S/C5H13ISi/c1-5(2,3)7-4-6/h4,7H2,1-3H3. The minimum atomic E-state index is 0.247. The van der Waals surface area contributed by atoms with Gasteiger partial charge < -0.3 is 0 Å². The molecule has 0 saturated heterocycles. The van der Waals surface area contributed by atoms with Gasteiger partial charge in [0.1, 0.15) is 0 Å². The second-order valence-electron chi connectivity index (χ2n) is 3.00. The van der Waals surface area contributed by atoms with E-state index in [9.17, 15) is 0 Å². The van der Waals surface area contributed by atoms with Crippen LogP contribution in [0.2, 0.25) is 5.04 Å². The van der Waals surface area contributed by atoms with E-state index in [2.05, 4.69) is 43.4 Å². The molecule has 7 heavy (non-hydrogen) atoms. The summed E-state index contributed by atoms with van der Waals surface area (Å²) in [6, 6.07) is 0. The predicted molar refractivity (Wildman–Crippen MR) is 47.1 cm³/mol. The summed E-state index contributed by atoms with van der Waals surface area (Å²) in [6.07, 6.45) is 0. The molecule has 0 nitrogen and oxygen atoms in total. The zero-order valence-corrected chi connectivity index (χ0v) is 8.86. The van der Waals surface area contributed by atoms with E-state index in [0.717, 1.165) is 0 Å². The van der Waals surface area contributed by atoms with Gasteiger partial charge in [-0.2, -0.15) is 0 Å². The third-order valence-corrected chi connectivity index (χ3v) is 4.15. The SMILES string of the molecule is CC(C)(C)[SiH2]CI. The molecule has 0 amide bonds. The Morgan fingerprint density at radius 2 is 1.86 bits per heavy atom. The Morgan fingerprint density at radius 3 is 1.86 bits per heavy atom. The van der Waals surface area contributed by atoms with Crippen molar-refractivity contribution >= 4 is 32.1 Å². The molecule has 0 radical (unpaired) electrons. The third-order valence-electron chi connectivity index (χ3n) is 0.844. The van der Waals surface area contributed by atoms with E-state index in [4.69, 9.17) is 0 Å². The molecule has 0 aliphatic rings. The van der Waals surface area contributed by atoms with Crippen LogP contribution in [0.15, 0.2) is 0 Å². The molecule has 0 aromatic carbocycles. The first-order valence-corrected chi connectivity index (χ1v) is 5.85. The highest BCUT2D eigenvalue weighted by atomic mass is 127. The lowest BCUT2D eigenvalue weighted by Crippen LogP contribution is -2.08. The van der Waals surface area contributed by atoms with Crippen LogP contribution in [0.5, 0.6) is 0 Å². The lowest BCUT2D eigenvalue weighted by molar-refractivity contribution is 0.756. The number of hydrogen-bond acceptors (Lipinski definition) is 0. The topological polar surface area (TPSA) is 0 Å². The van der Waals surface area contributed by atoms with Crippen molar-refractivity contribution in [2.24, 2.45) is 0 Å². The highest BCUT2D eigenvalue weighted by Crippen LogP contribution is 2.19. The molecule has 0 saturated carbocycles. The van der Waals surface area contributed by atoms with Crippen molar-refractivity contribution in [1.29, 1.82) is 0 Å². The summed E-state index contributed by atoms with van der Waals surface area (Å²) in [6.45, 7) is 6.99. The molecule has 44 valence electrons. The molecule has 0 bridgehead atoms. The summed E-state index contributed by atoms with van der Waals surface area (Å²) < 4.78 is 1.42. The minimum Gasteiger partial charge on any atom is -0.0904 e. The fourth-order valence-corrected chi connectivity index (χ4v) is 5.70. The smallest absolute Gasteiger partial charge is 0.0374 e. The molecule has 0 aromatic rings. The average Bonchev–Trinajstić information content (AvgIpc) is 1.30. The van der Waals surface area contributed by atoms with Gasteiger partial charge in [0, 0.05) is 9.52 Å². The maximum atomic E-state index is 2.47. The van der Waals surface area contributed by atoms with Crippen LogP contribution in [0.1, 0.15) is 20.8 Å². The summed E-state index contributed by atoms with van der Waals surface area (Å²) in [5.41, 5.74) is 0. The molecule has 0 unspecified atom stereocenters. The van der Waals surface area contributed by atoms with Crippen LogP contribution < -0.4 is 0 Å². The van der Waals surface area contributed by atoms with Gasteiger partial charge in [-0.15, -0.1) is 0 Å². The van der Waals surface area contributed by atoms with Crippen LogP contribution in [0.25, 0.3) is 0 Å². The fourth-order valence-electron chi connectivity index (χ4n) is 0.283. The lowest BCUT2D eigenvalue weighted by atomic mass is 10.3. The molecule has 0 rings (SSSR count). The van der Waals surface area contributed by atoms with Crippen molar-refractivity contribution in [3.05, 3.63) is 0 Å². The summed E-state index contributed by atoms with van der Waals surface area (Å²) >= 11 is 2.47. The van der Waals surface area contributed by atoms with Crippen LogP contribution in [-0.2, 0) is 0 Å². The van der Waals surface area contributed by atoms with E-state index >= 15 is 0 Å². The third kappa shape index (κ3) is 6.95. The van der Waals surface area contributed by atoms with E-state index in [1.165, 1.54) is 4.05 Å². The molecule has 2 heteroatoms. The van der Waals surface area contributed by atoms with Gasteiger partial charge in [-0.25, -0.2) is 0 Å². The fraction of sp³-hybridized carbons (Fsp3) is 1.00. The van der Waals surface area contributed by atoms with Crippen molar-refractivity contribution in [2.75, 3.05) is 4.05 Å². The second kappa shape index (κ2) is 3.07. The molecular weight excluding hydrogens is 215 g/mol. The largest absolute Gasteiger partial charge is 0.0904 e. The summed E-state index contributed by atoms with van der Waals surface area (Å²) in [7, 11) is 0.247.